The molecule has 1 aromatic rings. The zero-order valence-electron chi connectivity index (χ0n) is 10.7. The standard InChI is InChI=1S/C14H18ClFN2O/c15-13-8-12(16)4-3-11(13)9-18-14(19)10-2-1-6-17-7-5-10/h3-4,8,10,17H,1-2,5-7,9H2,(H,18,19). The van der Waals surface area contributed by atoms with E-state index in [9.17, 15) is 9.18 Å². The zero-order chi connectivity index (χ0) is 13.7. The highest BCUT2D eigenvalue weighted by Gasteiger charge is 2.19. The van der Waals surface area contributed by atoms with Gasteiger partial charge < -0.3 is 10.6 Å². The number of carbonyl (C=O) groups excluding carboxylic acids is 1. The van der Waals surface area contributed by atoms with E-state index in [4.69, 9.17) is 11.6 Å². The maximum Gasteiger partial charge on any atom is 0.223 e. The molecule has 1 heterocycles. The molecule has 1 aromatic carbocycles. The van der Waals surface area contributed by atoms with Crippen LogP contribution >= 0.6 is 11.6 Å². The highest BCUT2D eigenvalue weighted by atomic mass is 35.5. The Kier molecular flexibility index (Phi) is 5.16. The van der Waals surface area contributed by atoms with E-state index in [0.29, 0.717) is 11.6 Å². The van der Waals surface area contributed by atoms with Crippen LogP contribution in [-0.2, 0) is 11.3 Å². The van der Waals surface area contributed by atoms with E-state index in [1.165, 1.54) is 12.1 Å². The molecule has 0 saturated carbocycles. The van der Waals surface area contributed by atoms with Crippen molar-refractivity contribution in [3.8, 4) is 0 Å². The maximum atomic E-state index is 12.9. The van der Waals surface area contributed by atoms with Crippen molar-refractivity contribution in [3.63, 3.8) is 0 Å². The Labute approximate surface area is 117 Å². The molecule has 0 spiro atoms. The molecule has 1 aliphatic rings. The maximum absolute atomic E-state index is 12.9. The molecule has 1 saturated heterocycles. The Morgan fingerprint density at radius 1 is 1.42 bits per heavy atom. The molecule has 1 aliphatic heterocycles. The summed E-state index contributed by atoms with van der Waals surface area (Å²) in [5.41, 5.74) is 0.739. The van der Waals surface area contributed by atoms with E-state index in [2.05, 4.69) is 10.6 Å². The van der Waals surface area contributed by atoms with Crippen LogP contribution < -0.4 is 10.6 Å². The monoisotopic (exact) mass is 284 g/mol. The first-order valence-corrected chi connectivity index (χ1v) is 6.97. The second kappa shape index (κ2) is 6.87. The van der Waals surface area contributed by atoms with Crippen LogP contribution in [-0.4, -0.2) is 19.0 Å². The lowest BCUT2D eigenvalue weighted by Crippen LogP contribution is -2.31. The van der Waals surface area contributed by atoms with Crippen LogP contribution in [0.2, 0.25) is 5.02 Å². The Hall–Kier alpha value is -1.13. The van der Waals surface area contributed by atoms with Crippen molar-refractivity contribution in [2.75, 3.05) is 13.1 Å². The minimum absolute atomic E-state index is 0.0593. The van der Waals surface area contributed by atoms with E-state index >= 15 is 0 Å². The Morgan fingerprint density at radius 2 is 2.26 bits per heavy atom. The molecule has 3 nitrogen and oxygen atoms in total. The third-order valence-corrected chi connectivity index (χ3v) is 3.77. The van der Waals surface area contributed by atoms with Crippen LogP contribution in [0.5, 0.6) is 0 Å². The summed E-state index contributed by atoms with van der Waals surface area (Å²) in [7, 11) is 0. The van der Waals surface area contributed by atoms with Crippen molar-refractivity contribution in [2.45, 2.75) is 25.8 Å². The van der Waals surface area contributed by atoms with Crippen molar-refractivity contribution >= 4 is 17.5 Å². The van der Waals surface area contributed by atoms with Gasteiger partial charge >= 0.3 is 0 Å². The molecular formula is C14H18ClFN2O. The molecule has 0 aliphatic carbocycles. The summed E-state index contributed by atoms with van der Waals surface area (Å²) in [5.74, 6) is -0.242. The van der Waals surface area contributed by atoms with E-state index in [1.807, 2.05) is 0 Å². The zero-order valence-corrected chi connectivity index (χ0v) is 11.5. The largest absolute Gasteiger partial charge is 0.352 e. The van der Waals surface area contributed by atoms with Crippen molar-refractivity contribution in [1.29, 1.82) is 0 Å². The van der Waals surface area contributed by atoms with Crippen LogP contribution in [0.25, 0.3) is 0 Å². The average molecular weight is 285 g/mol. The predicted octanol–water partition coefficient (Wildman–Crippen LogP) is 2.49. The molecule has 5 heteroatoms. The van der Waals surface area contributed by atoms with Gasteiger partial charge in [-0.15, -0.1) is 0 Å². The number of hydrogen-bond acceptors (Lipinski definition) is 2. The van der Waals surface area contributed by atoms with E-state index in [-0.39, 0.29) is 17.6 Å². The van der Waals surface area contributed by atoms with Gasteiger partial charge in [-0.3, -0.25) is 4.79 Å². The molecule has 0 radical (unpaired) electrons. The molecule has 1 fully saturated rings. The van der Waals surface area contributed by atoms with Crippen LogP contribution in [0.1, 0.15) is 24.8 Å². The lowest BCUT2D eigenvalue weighted by molar-refractivity contribution is -0.125. The van der Waals surface area contributed by atoms with Crippen LogP contribution in [0.4, 0.5) is 4.39 Å². The Bertz CT molecular complexity index is 445. The van der Waals surface area contributed by atoms with Gasteiger partial charge in [0.2, 0.25) is 5.91 Å². The predicted molar refractivity (Wildman–Crippen MR) is 73.5 cm³/mol. The highest BCUT2D eigenvalue weighted by molar-refractivity contribution is 6.31. The van der Waals surface area contributed by atoms with Gasteiger partial charge in [0.15, 0.2) is 0 Å². The summed E-state index contributed by atoms with van der Waals surface area (Å²) < 4.78 is 12.9. The summed E-state index contributed by atoms with van der Waals surface area (Å²) in [4.78, 5) is 12.0. The lowest BCUT2D eigenvalue weighted by atomic mass is 10.00. The van der Waals surface area contributed by atoms with Crippen molar-refractivity contribution in [1.82, 2.24) is 10.6 Å². The highest BCUT2D eigenvalue weighted by Crippen LogP contribution is 2.18. The molecule has 2 rings (SSSR count). The minimum Gasteiger partial charge on any atom is -0.352 e. The lowest BCUT2D eigenvalue weighted by Gasteiger charge is -2.14. The summed E-state index contributed by atoms with van der Waals surface area (Å²) in [5, 5.41) is 6.51. The quantitative estimate of drug-likeness (QED) is 0.895. The molecular weight excluding hydrogens is 267 g/mol. The van der Waals surface area contributed by atoms with Gasteiger partial charge in [-0.1, -0.05) is 17.7 Å². The molecule has 19 heavy (non-hydrogen) atoms. The van der Waals surface area contributed by atoms with Crippen LogP contribution in [0.3, 0.4) is 0 Å². The smallest absolute Gasteiger partial charge is 0.223 e. The summed E-state index contributed by atoms with van der Waals surface area (Å²) in [6.45, 7) is 2.21. The minimum atomic E-state index is -0.366. The number of nitrogens with one attached hydrogen (secondary N) is 2. The fourth-order valence-corrected chi connectivity index (χ4v) is 2.51. The van der Waals surface area contributed by atoms with E-state index < -0.39 is 0 Å². The van der Waals surface area contributed by atoms with Gasteiger partial charge in [0.1, 0.15) is 5.82 Å². The topological polar surface area (TPSA) is 41.1 Å². The number of rotatable bonds is 3. The van der Waals surface area contributed by atoms with Crippen LogP contribution in [0.15, 0.2) is 18.2 Å². The fourth-order valence-electron chi connectivity index (χ4n) is 2.27. The second-order valence-corrected chi connectivity index (χ2v) is 5.24. The van der Waals surface area contributed by atoms with Gasteiger partial charge in [0.25, 0.3) is 0 Å². The molecule has 1 atom stereocenters. The molecule has 104 valence electrons. The number of amides is 1. The third kappa shape index (κ3) is 4.18. The van der Waals surface area contributed by atoms with E-state index in [0.717, 1.165) is 37.9 Å². The van der Waals surface area contributed by atoms with Gasteiger partial charge in [-0.25, -0.2) is 4.39 Å². The number of halogens is 2. The SMILES string of the molecule is O=C(NCc1ccc(F)cc1Cl)C1CCCNCC1. The number of hydrogen-bond donors (Lipinski definition) is 2. The Balaban J connectivity index is 1.88. The molecule has 2 N–H and O–H groups in total. The van der Waals surface area contributed by atoms with Gasteiger partial charge in [0, 0.05) is 17.5 Å². The summed E-state index contributed by atoms with van der Waals surface area (Å²) in [6.07, 6.45) is 2.80. The summed E-state index contributed by atoms with van der Waals surface area (Å²) in [6, 6.07) is 4.22. The van der Waals surface area contributed by atoms with Crippen molar-refractivity contribution in [2.24, 2.45) is 5.92 Å². The molecule has 1 amide bonds. The fraction of sp³-hybridized carbons (Fsp3) is 0.500. The molecule has 0 aromatic heterocycles. The van der Waals surface area contributed by atoms with Crippen LogP contribution in [0, 0.1) is 11.7 Å². The Morgan fingerprint density at radius 3 is 3.05 bits per heavy atom. The van der Waals surface area contributed by atoms with Crippen molar-refractivity contribution < 1.29 is 9.18 Å². The first-order chi connectivity index (χ1) is 9.16. The first-order valence-electron chi connectivity index (χ1n) is 6.59. The summed E-state index contributed by atoms with van der Waals surface area (Å²) >= 11 is 5.92. The first kappa shape index (κ1) is 14.3. The number of benzene rings is 1. The van der Waals surface area contributed by atoms with Gasteiger partial charge in [0.05, 0.1) is 0 Å². The van der Waals surface area contributed by atoms with Gasteiger partial charge in [-0.05, 0) is 50.0 Å². The van der Waals surface area contributed by atoms with Gasteiger partial charge in [-0.2, -0.15) is 0 Å². The molecule has 1 unspecified atom stereocenters. The molecule has 0 bridgehead atoms. The average Bonchev–Trinajstić information content (AvgIpc) is 2.66. The van der Waals surface area contributed by atoms with Crippen molar-refractivity contribution in [3.05, 3.63) is 34.6 Å². The normalized spacial score (nSPS) is 19.8. The third-order valence-electron chi connectivity index (χ3n) is 3.41. The van der Waals surface area contributed by atoms with E-state index in [1.54, 1.807) is 6.07 Å². The number of carbonyl (C=O) groups is 1. The second-order valence-electron chi connectivity index (χ2n) is 4.83.